The fraction of sp³-hybridized carbons (Fsp3) is 0.941. The van der Waals surface area contributed by atoms with Gasteiger partial charge in [-0.3, -0.25) is 0 Å². The lowest BCUT2D eigenvalue weighted by Crippen LogP contribution is -2.51. The Morgan fingerprint density at radius 2 is 1.85 bits per heavy atom. The normalized spacial score (nSPS) is 41.3. The minimum Gasteiger partial charge on any atom is -0.335 e. The van der Waals surface area contributed by atoms with Crippen molar-refractivity contribution in [1.82, 2.24) is 10.2 Å². The van der Waals surface area contributed by atoms with Crippen LogP contribution in [0.2, 0.25) is 0 Å². The number of amides is 2. The molecule has 2 saturated carbocycles. The topological polar surface area (TPSA) is 32.3 Å². The average molecular weight is 278 g/mol. The number of fused-ring (bicyclic) bond motifs is 1. The summed E-state index contributed by atoms with van der Waals surface area (Å²) in [5.41, 5.74) is 0. The van der Waals surface area contributed by atoms with Gasteiger partial charge >= 0.3 is 6.03 Å². The minimum atomic E-state index is 0.228. The fourth-order valence-electron chi connectivity index (χ4n) is 4.78. The number of nitrogens with one attached hydrogen (secondary N) is 1. The molecule has 1 heterocycles. The van der Waals surface area contributed by atoms with Crippen molar-refractivity contribution in [2.24, 2.45) is 17.8 Å². The minimum absolute atomic E-state index is 0.228. The molecule has 5 atom stereocenters. The van der Waals surface area contributed by atoms with Gasteiger partial charge in [0.25, 0.3) is 0 Å². The van der Waals surface area contributed by atoms with E-state index in [1.54, 1.807) is 0 Å². The molecule has 114 valence electrons. The number of carbonyl (C=O) groups is 1. The Balaban J connectivity index is 1.56. The Hall–Kier alpha value is -0.730. The van der Waals surface area contributed by atoms with Crippen LogP contribution in [0, 0.1) is 17.8 Å². The van der Waals surface area contributed by atoms with Gasteiger partial charge in [0, 0.05) is 18.6 Å². The molecule has 0 spiro atoms. The van der Waals surface area contributed by atoms with Gasteiger partial charge in [-0.25, -0.2) is 4.79 Å². The number of likely N-dealkylation sites (tertiary alicyclic amines) is 1. The molecule has 3 fully saturated rings. The number of hydrogen-bond acceptors (Lipinski definition) is 1. The summed E-state index contributed by atoms with van der Waals surface area (Å²) in [7, 11) is 0. The summed E-state index contributed by atoms with van der Waals surface area (Å²) in [6.45, 7) is 5.62. The summed E-state index contributed by atoms with van der Waals surface area (Å²) in [5.74, 6) is 2.25. The molecular weight excluding hydrogens is 248 g/mol. The number of carbonyl (C=O) groups excluding carboxylic acids is 1. The van der Waals surface area contributed by atoms with E-state index in [-0.39, 0.29) is 6.03 Å². The Bertz CT molecular complexity index is 357. The molecule has 3 rings (SSSR count). The predicted molar refractivity (Wildman–Crippen MR) is 81.6 cm³/mol. The average Bonchev–Trinajstić information content (AvgIpc) is 2.86. The number of nitrogens with zero attached hydrogens (tertiary/aromatic N) is 1. The Kier molecular flexibility index (Phi) is 4.23. The van der Waals surface area contributed by atoms with Crippen molar-refractivity contribution in [2.75, 3.05) is 6.54 Å². The smallest absolute Gasteiger partial charge is 0.317 e. The Labute approximate surface area is 123 Å². The summed E-state index contributed by atoms with van der Waals surface area (Å²) < 4.78 is 0. The van der Waals surface area contributed by atoms with E-state index in [0.29, 0.717) is 18.0 Å². The van der Waals surface area contributed by atoms with Crippen LogP contribution >= 0.6 is 0 Å². The summed E-state index contributed by atoms with van der Waals surface area (Å²) in [5, 5.41) is 3.35. The maximum absolute atomic E-state index is 12.6. The first-order chi connectivity index (χ1) is 9.65. The maximum Gasteiger partial charge on any atom is 0.317 e. The van der Waals surface area contributed by atoms with Gasteiger partial charge in [0.05, 0.1) is 0 Å². The van der Waals surface area contributed by atoms with Crippen molar-refractivity contribution in [3.05, 3.63) is 0 Å². The van der Waals surface area contributed by atoms with Crippen molar-refractivity contribution in [2.45, 2.75) is 77.3 Å². The first-order valence-corrected chi connectivity index (χ1v) is 8.72. The van der Waals surface area contributed by atoms with Gasteiger partial charge in [0.1, 0.15) is 0 Å². The van der Waals surface area contributed by atoms with E-state index in [1.807, 2.05) is 0 Å². The van der Waals surface area contributed by atoms with E-state index in [2.05, 4.69) is 24.1 Å². The van der Waals surface area contributed by atoms with E-state index >= 15 is 0 Å². The van der Waals surface area contributed by atoms with Crippen LogP contribution in [-0.4, -0.2) is 29.6 Å². The third-order valence-corrected chi connectivity index (χ3v) is 6.01. The van der Waals surface area contributed by atoms with Crippen LogP contribution in [-0.2, 0) is 0 Å². The number of hydrogen-bond donors (Lipinski definition) is 1. The summed E-state index contributed by atoms with van der Waals surface area (Å²) in [6.07, 6.45) is 10.2. The largest absolute Gasteiger partial charge is 0.335 e. The van der Waals surface area contributed by atoms with Crippen LogP contribution in [0.4, 0.5) is 4.79 Å². The van der Waals surface area contributed by atoms with Gasteiger partial charge in [-0.05, 0) is 56.3 Å². The molecule has 0 aromatic carbocycles. The zero-order valence-electron chi connectivity index (χ0n) is 13.1. The molecule has 5 unspecified atom stereocenters. The molecule has 1 saturated heterocycles. The summed E-state index contributed by atoms with van der Waals surface area (Å²) in [4.78, 5) is 14.8. The highest BCUT2D eigenvalue weighted by atomic mass is 16.2. The van der Waals surface area contributed by atoms with E-state index < -0.39 is 0 Å². The van der Waals surface area contributed by atoms with Crippen LogP contribution in [0.1, 0.15) is 65.2 Å². The van der Waals surface area contributed by atoms with Gasteiger partial charge in [0.15, 0.2) is 0 Å². The van der Waals surface area contributed by atoms with Gasteiger partial charge in [-0.1, -0.05) is 26.7 Å². The van der Waals surface area contributed by atoms with Crippen LogP contribution in [0.5, 0.6) is 0 Å². The third-order valence-electron chi connectivity index (χ3n) is 6.01. The molecule has 0 radical (unpaired) electrons. The highest BCUT2D eigenvalue weighted by Crippen LogP contribution is 2.36. The molecule has 1 aliphatic heterocycles. The van der Waals surface area contributed by atoms with Crippen molar-refractivity contribution in [3.63, 3.8) is 0 Å². The lowest BCUT2D eigenvalue weighted by atomic mass is 9.80. The van der Waals surface area contributed by atoms with Crippen LogP contribution in [0.15, 0.2) is 0 Å². The zero-order chi connectivity index (χ0) is 14.1. The molecule has 20 heavy (non-hydrogen) atoms. The van der Waals surface area contributed by atoms with Crippen LogP contribution in [0.25, 0.3) is 0 Å². The molecule has 1 N–H and O–H groups in total. The number of rotatable bonds is 1. The SMILES string of the molecule is CC1CCC(NC(=O)N2CCC3CCCCC32)C(C)C1. The molecule has 0 aromatic rings. The molecule has 0 aromatic heterocycles. The molecule has 2 amide bonds. The highest BCUT2D eigenvalue weighted by molar-refractivity contribution is 5.75. The van der Waals surface area contributed by atoms with E-state index in [0.717, 1.165) is 24.8 Å². The molecule has 3 aliphatic rings. The fourth-order valence-corrected chi connectivity index (χ4v) is 4.78. The second kappa shape index (κ2) is 5.95. The lowest BCUT2D eigenvalue weighted by Gasteiger charge is -2.36. The molecule has 3 heteroatoms. The van der Waals surface area contributed by atoms with Crippen molar-refractivity contribution in [3.8, 4) is 0 Å². The Morgan fingerprint density at radius 3 is 2.65 bits per heavy atom. The van der Waals surface area contributed by atoms with Crippen molar-refractivity contribution in [1.29, 1.82) is 0 Å². The molecule has 2 aliphatic carbocycles. The van der Waals surface area contributed by atoms with Gasteiger partial charge in [-0.15, -0.1) is 0 Å². The standard InChI is InChI=1S/C17H30N2O/c1-12-7-8-15(13(2)11-12)18-17(20)19-10-9-14-5-3-4-6-16(14)19/h12-16H,3-11H2,1-2H3,(H,18,20). The lowest BCUT2D eigenvalue weighted by molar-refractivity contribution is 0.154. The zero-order valence-corrected chi connectivity index (χ0v) is 13.1. The molecule has 3 nitrogen and oxygen atoms in total. The van der Waals surface area contributed by atoms with Crippen molar-refractivity contribution >= 4 is 6.03 Å². The summed E-state index contributed by atoms with van der Waals surface area (Å²) in [6, 6.07) is 1.17. The van der Waals surface area contributed by atoms with Gasteiger partial charge in [0.2, 0.25) is 0 Å². The predicted octanol–water partition coefficient (Wildman–Crippen LogP) is 3.79. The maximum atomic E-state index is 12.6. The summed E-state index contributed by atoms with van der Waals surface area (Å²) >= 11 is 0. The first-order valence-electron chi connectivity index (χ1n) is 8.72. The van der Waals surface area contributed by atoms with Gasteiger partial charge in [-0.2, -0.15) is 0 Å². The third kappa shape index (κ3) is 2.82. The van der Waals surface area contributed by atoms with Crippen molar-refractivity contribution < 1.29 is 4.79 Å². The van der Waals surface area contributed by atoms with E-state index in [4.69, 9.17) is 0 Å². The first kappa shape index (κ1) is 14.2. The molecular formula is C17H30N2O. The van der Waals surface area contributed by atoms with Crippen LogP contribution < -0.4 is 5.32 Å². The van der Waals surface area contributed by atoms with E-state index in [9.17, 15) is 4.79 Å². The second-order valence-electron chi connectivity index (χ2n) is 7.55. The Morgan fingerprint density at radius 1 is 1.05 bits per heavy atom. The quantitative estimate of drug-likeness (QED) is 0.777. The van der Waals surface area contributed by atoms with E-state index in [1.165, 1.54) is 44.9 Å². The monoisotopic (exact) mass is 278 g/mol. The van der Waals surface area contributed by atoms with Gasteiger partial charge < -0.3 is 10.2 Å². The highest BCUT2D eigenvalue weighted by Gasteiger charge is 2.39. The van der Waals surface area contributed by atoms with Crippen LogP contribution in [0.3, 0.4) is 0 Å². The molecule has 0 bridgehead atoms. The second-order valence-corrected chi connectivity index (χ2v) is 7.55. The number of urea groups is 1.